The van der Waals surface area contributed by atoms with Crippen LogP contribution < -0.4 is 4.74 Å². The summed E-state index contributed by atoms with van der Waals surface area (Å²) < 4.78 is 6.11. The van der Waals surface area contributed by atoms with Gasteiger partial charge in [0.15, 0.2) is 5.78 Å². The third kappa shape index (κ3) is 3.24. The van der Waals surface area contributed by atoms with Gasteiger partial charge >= 0.3 is 0 Å². The summed E-state index contributed by atoms with van der Waals surface area (Å²) in [7, 11) is 1.62. The zero-order valence-corrected chi connectivity index (χ0v) is 12.5. The molecule has 0 N–H and O–H groups in total. The molecule has 2 aromatic rings. The smallest absolute Gasteiger partial charge is 0.167 e. The topological polar surface area (TPSA) is 26.3 Å². The summed E-state index contributed by atoms with van der Waals surface area (Å²) in [6.07, 6.45) is 0.364. The van der Waals surface area contributed by atoms with E-state index in [2.05, 4.69) is 15.9 Å². The van der Waals surface area contributed by atoms with Gasteiger partial charge in [-0.3, -0.25) is 4.79 Å². The lowest BCUT2D eigenvalue weighted by atomic mass is 9.99. The maximum absolute atomic E-state index is 12.3. The van der Waals surface area contributed by atoms with Gasteiger partial charge in [0.25, 0.3) is 0 Å². The molecule has 19 heavy (non-hydrogen) atoms. The van der Waals surface area contributed by atoms with E-state index in [4.69, 9.17) is 4.74 Å². The number of methoxy groups -OCH3 is 1. The maximum Gasteiger partial charge on any atom is 0.167 e. The molecule has 0 fully saturated rings. The number of rotatable bonds is 4. The molecule has 0 aliphatic rings. The molecule has 0 saturated carbocycles. The highest BCUT2D eigenvalue weighted by Crippen LogP contribution is 2.24. The first-order chi connectivity index (χ1) is 9.11. The van der Waals surface area contributed by atoms with Gasteiger partial charge in [-0.1, -0.05) is 40.2 Å². The standard InChI is InChI=1S/C16H15BrO2/c1-11-5-3-4-6-14(11)16(18)10-12-9-13(19-2)7-8-15(12)17/h3-9H,10H2,1-2H3. The monoisotopic (exact) mass is 318 g/mol. The molecule has 2 rings (SSSR count). The fourth-order valence-corrected chi connectivity index (χ4v) is 2.35. The van der Waals surface area contributed by atoms with Gasteiger partial charge in [0, 0.05) is 16.5 Å². The number of aryl methyl sites for hydroxylation is 1. The molecule has 0 aliphatic carbocycles. The van der Waals surface area contributed by atoms with E-state index >= 15 is 0 Å². The largest absolute Gasteiger partial charge is 0.497 e. The predicted molar refractivity (Wildman–Crippen MR) is 79.9 cm³/mol. The summed E-state index contributed by atoms with van der Waals surface area (Å²) in [6.45, 7) is 1.95. The van der Waals surface area contributed by atoms with Crippen LogP contribution in [-0.4, -0.2) is 12.9 Å². The van der Waals surface area contributed by atoms with Crippen molar-refractivity contribution in [2.75, 3.05) is 7.11 Å². The van der Waals surface area contributed by atoms with Crippen LogP contribution in [0.25, 0.3) is 0 Å². The van der Waals surface area contributed by atoms with Crippen LogP contribution in [0.4, 0.5) is 0 Å². The van der Waals surface area contributed by atoms with Crippen molar-refractivity contribution in [2.45, 2.75) is 13.3 Å². The van der Waals surface area contributed by atoms with Gasteiger partial charge < -0.3 is 4.74 Å². The molecule has 0 unspecified atom stereocenters. The zero-order chi connectivity index (χ0) is 13.8. The highest BCUT2D eigenvalue weighted by molar-refractivity contribution is 9.10. The van der Waals surface area contributed by atoms with E-state index in [-0.39, 0.29) is 5.78 Å². The Kier molecular flexibility index (Phi) is 4.38. The molecule has 2 aromatic carbocycles. The Hall–Kier alpha value is -1.61. The van der Waals surface area contributed by atoms with Gasteiger partial charge in [0.1, 0.15) is 5.75 Å². The second-order valence-corrected chi connectivity index (χ2v) is 5.23. The normalized spacial score (nSPS) is 10.3. The molecule has 0 spiro atoms. The highest BCUT2D eigenvalue weighted by Gasteiger charge is 2.12. The SMILES string of the molecule is COc1ccc(Br)c(CC(=O)c2ccccc2C)c1. The van der Waals surface area contributed by atoms with Crippen molar-refractivity contribution < 1.29 is 9.53 Å². The number of ketones is 1. The van der Waals surface area contributed by atoms with Crippen molar-refractivity contribution in [3.05, 3.63) is 63.6 Å². The number of benzene rings is 2. The van der Waals surface area contributed by atoms with Crippen LogP contribution in [0.3, 0.4) is 0 Å². The molecule has 0 bridgehead atoms. The number of carbonyl (C=O) groups is 1. The quantitative estimate of drug-likeness (QED) is 0.790. The first kappa shape index (κ1) is 13.8. The van der Waals surface area contributed by atoms with Crippen molar-refractivity contribution in [2.24, 2.45) is 0 Å². The summed E-state index contributed by atoms with van der Waals surface area (Å²) in [5.41, 5.74) is 2.72. The molecule has 0 saturated heterocycles. The average molecular weight is 319 g/mol. The molecule has 0 radical (unpaired) electrons. The predicted octanol–water partition coefficient (Wildman–Crippen LogP) is 4.19. The van der Waals surface area contributed by atoms with Crippen molar-refractivity contribution in [3.63, 3.8) is 0 Å². The van der Waals surface area contributed by atoms with Gasteiger partial charge in [-0.2, -0.15) is 0 Å². The summed E-state index contributed by atoms with van der Waals surface area (Å²) in [5, 5.41) is 0. The maximum atomic E-state index is 12.3. The van der Waals surface area contributed by atoms with Gasteiger partial charge in [-0.25, -0.2) is 0 Å². The minimum absolute atomic E-state index is 0.118. The number of halogens is 1. The molecule has 3 heteroatoms. The molecule has 0 aliphatic heterocycles. The molecule has 0 atom stereocenters. The van der Waals surface area contributed by atoms with Crippen LogP contribution in [0.1, 0.15) is 21.5 Å². The van der Waals surface area contributed by atoms with E-state index < -0.39 is 0 Å². The number of hydrogen-bond donors (Lipinski definition) is 0. The summed E-state index contributed by atoms with van der Waals surface area (Å²) in [4.78, 5) is 12.3. The van der Waals surface area contributed by atoms with Crippen LogP contribution in [0.5, 0.6) is 5.75 Å². The zero-order valence-electron chi connectivity index (χ0n) is 10.9. The summed E-state index contributed by atoms with van der Waals surface area (Å²) in [6, 6.07) is 13.3. The minimum Gasteiger partial charge on any atom is -0.497 e. The Morgan fingerprint density at radius 3 is 2.63 bits per heavy atom. The van der Waals surface area contributed by atoms with E-state index in [1.165, 1.54) is 0 Å². The summed E-state index contributed by atoms with van der Waals surface area (Å²) in [5.74, 6) is 0.878. The van der Waals surface area contributed by atoms with E-state index in [0.29, 0.717) is 6.42 Å². The third-order valence-electron chi connectivity index (χ3n) is 3.05. The minimum atomic E-state index is 0.118. The van der Waals surface area contributed by atoms with Crippen molar-refractivity contribution >= 4 is 21.7 Å². The Morgan fingerprint density at radius 1 is 1.21 bits per heavy atom. The van der Waals surface area contributed by atoms with Crippen LogP contribution >= 0.6 is 15.9 Å². The molecule has 98 valence electrons. The second-order valence-electron chi connectivity index (χ2n) is 4.37. The number of Topliss-reactive ketones (excluding diaryl/α,β-unsaturated/α-hetero) is 1. The lowest BCUT2D eigenvalue weighted by molar-refractivity contribution is 0.0992. The van der Waals surface area contributed by atoms with E-state index in [9.17, 15) is 4.79 Å². The first-order valence-electron chi connectivity index (χ1n) is 6.03. The molecule has 0 amide bonds. The Balaban J connectivity index is 2.26. The lowest BCUT2D eigenvalue weighted by Crippen LogP contribution is -2.06. The van der Waals surface area contributed by atoms with E-state index in [1.807, 2.05) is 49.4 Å². The Morgan fingerprint density at radius 2 is 1.95 bits per heavy atom. The van der Waals surface area contributed by atoms with Gasteiger partial charge in [-0.15, -0.1) is 0 Å². The van der Waals surface area contributed by atoms with E-state index in [0.717, 1.165) is 26.9 Å². The van der Waals surface area contributed by atoms with Crippen molar-refractivity contribution in [3.8, 4) is 5.75 Å². The Labute approximate surface area is 121 Å². The van der Waals surface area contributed by atoms with Crippen LogP contribution in [0.15, 0.2) is 46.9 Å². The lowest BCUT2D eigenvalue weighted by Gasteiger charge is -2.08. The van der Waals surface area contributed by atoms with Crippen LogP contribution in [0.2, 0.25) is 0 Å². The highest BCUT2D eigenvalue weighted by atomic mass is 79.9. The second kappa shape index (κ2) is 6.02. The summed E-state index contributed by atoms with van der Waals surface area (Å²) >= 11 is 3.47. The van der Waals surface area contributed by atoms with Crippen molar-refractivity contribution in [1.29, 1.82) is 0 Å². The average Bonchev–Trinajstić information content (AvgIpc) is 2.41. The third-order valence-corrected chi connectivity index (χ3v) is 3.82. The molecule has 2 nitrogen and oxygen atoms in total. The van der Waals surface area contributed by atoms with Gasteiger partial charge in [-0.05, 0) is 36.2 Å². The fourth-order valence-electron chi connectivity index (χ4n) is 1.97. The molecule has 0 aromatic heterocycles. The fraction of sp³-hybridized carbons (Fsp3) is 0.188. The van der Waals surface area contributed by atoms with Gasteiger partial charge in [0.05, 0.1) is 7.11 Å². The molecular weight excluding hydrogens is 304 g/mol. The van der Waals surface area contributed by atoms with E-state index in [1.54, 1.807) is 7.11 Å². The van der Waals surface area contributed by atoms with Crippen molar-refractivity contribution in [1.82, 2.24) is 0 Å². The van der Waals surface area contributed by atoms with Crippen LogP contribution in [0, 0.1) is 6.92 Å². The number of carbonyl (C=O) groups excluding carboxylic acids is 1. The molecule has 0 heterocycles. The number of hydrogen-bond acceptors (Lipinski definition) is 2. The molecular formula is C16H15BrO2. The van der Waals surface area contributed by atoms with Gasteiger partial charge in [0.2, 0.25) is 0 Å². The number of ether oxygens (including phenoxy) is 1. The first-order valence-corrected chi connectivity index (χ1v) is 6.82. The Bertz CT molecular complexity index is 605. The van der Waals surface area contributed by atoms with Crippen LogP contribution in [-0.2, 0) is 6.42 Å².